The van der Waals surface area contributed by atoms with Gasteiger partial charge in [-0.2, -0.15) is 0 Å². The molecule has 29 heavy (non-hydrogen) atoms. The van der Waals surface area contributed by atoms with Crippen LogP contribution in [0.2, 0.25) is 0 Å². The number of amides is 1. The van der Waals surface area contributed by atoms with Crippen molar-refractivity contribution in [3.05, 3.63) is 58.9 Å². The smallest absolute Gasteiger partial charge is 0.254 e. The number of aromatic nitrogens is 1. The highest BCUT2D eigenvalue weighted by Crippen LogP contribution is 2.22. The van der Waals surface area contributed by atoms with E-state index in [0.29, 0.717) is 19.4 Å². The highest BCUT2D eigenvalue weighted by atomic mass is 32.2. The Labute approximate surface area is 173 Å². The normalized spacial score (nSPS) is 11.9. The Hall–Kier alpha value is -2.36. The molecule has 0 bridgehead atoms. The molecule has 1 amide bonds. The lowest BCUT2D eigenvalue weighted by atomic mass is 10.2. The van der Waals surface area contributed by atoms with E-state index in [0.717, 1.165) is 33.4 Å². The number of halogens is 1. The molecule has 0 atom stereocenters. The van der Waals surface area contributed by atoms with Crippen LogP contribution < -0.4 is 10.0 Å². The first-order valence-corrected chi connectivity index (χ1v) is 11.5. The molecule has 0 saturated heterocycles. The number of hydrogen-bond acceptors (Lipinski definition) is 5. The largest absolute Gasteiger partial charge is 0.352 e. The predicted octanol–water partition coefficient (Wildman–Crippen LogP) is 3.48. The van der Waals surface area contributed by atoms with Gasteiger partial charge in [0.2, 0.25) is 10.0 Å². The molecule has 0 fully saturated rings. The van der Waals surface area contributed by atoms with Crippen molar-refractivity contribution >= 4 is 37.5 Å². The van der Waals surface area contributed by atoms with Crippen molar-refractivity contribution in [2.45, 2.75) is 37.6 Å². The average Bonchev–Trinajstić information content (AvgIpc) is 3.07. The van der Waals surface area contributed by atoms with Crippen LogP contribution in [0, 0.1) is 5.82 Å². The van der Waals surface area contributed by atoms with E-state index in [1.807, 2.05) is 24.3 Å². The molecule has 0 aliphatic heterocycles. The van der Waals surface area contributed by atoms with Crippen LogP contribution in [0.4, 0.5) is 4.39 Å². The predicted molar refractivity (Wildman–Crippen MR) is 112 cm³/mol. The molecule has 0 aliphatic rings. The second-order valence-electron chi connectivity index (χ2n) is 6.85. The number of nitrogens with one attached hydrogen (secondary N) is 2. The number of fused-ring (bicyclic) bond motifs is 1. The van der Waals surface area contributed by atoms with Gasteiger partial charge >= 0.3 is 0 Å². The first kappa shape index (κ1) is 21.4. The van der Waals surface area contributed by atoms with Gasteiger partial charge < -0.3 is 5.32 Å². The summed E-state index contributed by atoms with van der Waals surface area (Å²) < 4.78 is 42.1. The van der Waals surface area contributed by atoms with E-state index in [1.165, 1.54) is 0 Å². The van der Waals surface area contributed by atoms with Crippen molar-refractivity contribution in [3.63, 3.8) is 0 Å². The van der Waals surface area contributed by atoms with Gasteiger partial charge in [-0.1, -0.05) is 12.1 Å². The third-order valence-electron chi connectivity index (χ3n) is 4.07. The van der Waals surface area contributed by atoms with Crippen LogP contribution in [-0.2, 0) is 16.4 Å². The minimum absolute atomic E-state index is 0.146. The van der Waals surface area contributed by atoms with Crippen LogP contribution in [0.1, 0.15) is 35.6 Å². The average molecular weight is 436 g/mol. The van der Waals surface area contributed by atoms with Gasteiger partial charge in [-0.3, -0.25) is 4.79 Å². The molecule has 0 spiro atoms. The molecule has 1 aromatic heterocycles. The molecular formula is C20H22FN3O3S2. The van der Waals surface area contributed by atoms with Crippen molar-refractivity contribution in [1.82, 2.24) is 15.0 Å². The number of para-hydroxylation sites is 1. The number of carbonyl (C=O) groups is 1. The monoisotopic (exact) mass is 435 g/mol. The molecule has 0 saturated carbocycles. The Morgan fingerprint density at radius 2 is 1.97 bits per heavy atom. The summed E-state index contributed by atoms with van der Waals surface area (Å²) >= 11 is 1.61. The third-order valence-corrected chi connectivity index (χ3v) is 6.83. The molecule has 0 unspecified atom stereocenters. The Bertz CT molecular complexity index is 1090. The lowest BCUT2D eigenvalue weighted by molar-refractivity contribution is 0.0949. The Morgan fingerprint density at radius 3 is 2.69 bits per heavy atom. The summed E-state index contributed by atoms with van der Waals surface area (Å²) in [6.45, 7) is 3.69. The van der Waals surface area contributed by atoms with Crippen molar-refractivity contribution in [2.75, 3.05) is 6.54 Å². The summed E-state index contributed by atoms with van der Waals surface area (Å²) in [6.07, 6.45) is 1.33. The van der Waals surface area contributed by atoms with Crippen LogP contribution in [0.25, 0.3) is 10.2 Å². The summed E-state index contributed by atoms with van der Waals surface area (Å²) in [7, 11) is -3.81. The minimum atomic E-state index is -3.81. The van der Waals surface area contributed by atoms with Crippen LogP contribution in [-0.4, -0.2) is 31.9 Å². The van der Waals surface area contributed by atoms with Crippen LogP contribution in [0.5, 0.6) is 0 Å². The maximum absolute atomic E-state index is 14.1. The van der Waals surface area contributed by atoms with E-state index in [1.54, 1.807) is 25.2 Å². The van der Waals surface area contributed by atoms with E-state index in [2.05, 4.69) is 15.0 Å². The standard InChI is InChI=1S/C20H22FN3O3S2/c1-13(2)24-29(26,27)14-9-10-16(21)15(12-14)20(25)22-11-5-8-19-23-17-6-3-4-7-18(17)28-19/h3-4,6-7,9-10,12-13,24H,5,8,11H2,1-2H3,(H,22,25). The first-order valence-electron chi connectivity index (χ1n) is 9.21. The van der Waals surface area contributed by atoms with Crippen molar-refractivity contribution in [2.24, 2.45) is 0 Å². The van der Waals surface area contributed by atoms with Gasteiger partial charge in [0.05, 0.1) is 25.7 Å². The van der Waals surface area contributed by atoms with Gasteiger partial charge in [-0.05, 0) is 50.6 Å². The van der Waals surface area contributed by atoms with Crippen molar-refractivity contribution in [1.29, 1.82) is 0 Å². The lowest BCUT2D eigenvalue weighted by Crippen LogP contribution is -2.31. The Kier molecular flexibility index (Phi) is 6.61. The molecule has 1 heterocycles. The molecule has 0 aliphatic carbocycles. The summed E-state index contributed by atoms with van der Waals surface area (Å²) in [6, 6.07) is 10.7. The SMILES string of the molecule is CC(C)NS(=O)(=O)c1ccc(F)c(C(=O)NCCCc2nc3ccccc3s2)c1. The summed E-state index contributed by atoms with van der Waals surface area (Å²) in [4.78, 5) is 16.7. The zero-order valence-electron chi connectivity index (χ0n) is 16.1. The maximum Gasteiger partial charge on any atom is 0.254 e. The van der Waals surface area contributed by atoms with E-state index in [4.69, 9.17) is 0 Å². The number of hydrogen-bond donors (Lipinski definition) is 2. The van der Waals surface area contributed by atoms with Crippen LogP contribution in [0.15, 0.2) is 47.4 Å². The summed E-state index contributed by atoms with van der Waals surface area (Å²) in [5, 5.41) is 3.62. The fourth-order valence-corrected chi connectivity index (χ4v) is 5.07. The highest BCUT2D eigenvalue weighted by Gasteiger charge is 2.20. The van der Waals surface area contributed by atoms with Gasteiger partial charge in [-0.15, -0.1) is 11.3 Å². The van der Waals surface area contributed by atoms with Gasteiger partial charge in [-0.25, -0.2) is 22.5 Å². The quantitative estimate of drug-likeness (QED) is 0.530. The molecule has 3 aromatic rings. The molecule has 0 radical (unpaired) electrons. The second-order valence-corrected chi connectivity index (χ2v) is 9.68. The number of nitrogens with zero attached hydrogens (tertiary/aromatic N) is 1. The molecule has 9 heteroatoms. The number of thiazole rings is 1. The second kappa shape index (κ2) is 8.98. The lowest BCUT2D eigenvalue weighted by Gasteiger charge is -2.11. The minimum Gasteiger partial charge on any atom is -0.352 e. The van der Waals surface area contributed by atoms with E-state index in [-0.39, 0.29) is 16.5 Å². The zero-order valence-corrected chi connectivity index (χ0v) is 17.7. The molecule has 2 N–H and O–H groups in total. The van der Waals surface area contributed by atoms with Gasteiger partial charge in [0.15, 0.2) is 0 Å². The molecule has 6 nitrogen and oxygen atoms in total. The number of carbonyl (C=O) groups excluding carboxylic acids is 1. The number of rotatable bonds is 8. The van der Waals surface area contributed by atoms with E-state index >= 15 is 0 Å². The van der Waals surface area contributed by atoms with E-state index < -0.39 is 21.7 Å². The Balaban J connectivity index is 1.60. The topological polar surface area (TPSA) is 88.2 Å². The number of benzene rings is 2. The summed E-state index contributed by atoms with van der Waals surface area (Å²) in [5.41, 5.74) is 0.656. The zero-order chi connectivity index (χ0) is 21.0. The molecule has 3 rings (SSSR count). The molecule has 154 valence electrons. The van der Waals surface area contributed by atoms with Gasteiger partial charge in [0.1, 0.15) is 5.82 Å². The molecular weight excluding hydrogens is 413 g/mol. The number of sulfonamides is 1. The first-order chi connectivity index (χ1) is 13.8. The fraction of sp³-hybridized carbons (Fsp3) is 0.300. The van der Waals surface area contributed by atoms with Crippen molar-refractivity contribution in [3.8, 4) is 0 Å². The summed E-state index contributed by atoms with van der Waals surface area (Å²) in [5.74, 6) is -1.41. The van der Waals surface area contributed by atoms with Gasteiger partial charge in [0, 0.05) is 19.0 Å². The highest BCUT2D eigenvalue weighted by molar-refractivity contribution is 7.89. The Morgan fingerprint density at radius 1 is 1.21 bits per heavy atom. The fourth-order valence-electron chi connectivity index (χ4n) is 2.79. The maximum atomic E-state index is 14.1. The van der Waals surface area contributed by atoms with E-state index in [9.17, 15) is 17.6 Å². The van der Waals surface area contributed by atoms with Crippen LogP contribution in [0.3, 0.4) is 0 Å². The third kappa shape index (κ3) is 5.37. The number of aryl methyl sites for hydroxylation is 1. The van der Waals surface area contributed by atoms with Crippen LogP contribution >= 0.6 is 11.3 Å². The molecule has 2 aromatic carbocycles. The van der Waals surface area contributed by atoms with Gasteiger partial charge in [0.25, 0.3) is 5.91 Å². The van der Waals surface area contributed by atoms with Crippen molar-refractivity contribution < 1.29 is 17.6 Å².